The number of nitrogens with one attached hydrogen (secondary N) is 2. The number of aryl methyl sites for hydroxylation is 1. The van der Waals surface area contributed by atoms with Gasteiger partial charge in [-0.05, 0) is 49.1 Å². The van der Waals surface area contributed by atoms with Gasteiger partial charge in [-0.25, -0.2) is 13.1 Å². The van der Waals surface area contributed by atoms with Crippen LogP contribution in [0.3, 0.4) is 0 Å². The zero-order valence-electron chi connectivity index (χ0n) is 15.5. The Morgan fingerprint density at radius 3 is 2.19 bits per heavy atom. The molecule has 26 heavy (non-hydrogen) atoms. The SMILES string of the molecule is Cc1ccc(CNS(=O)(=O)c2ccc(C(=O)NCCC(C)C)cc2)cc1. The zero-order chi connectivity index (χ0) is 19.2. The van der Waals surface area contributed by atoms with Crippen LogP contribution in [0.15, 0.2) is 53.4 Å². The predicted octanol–water partition coefficient (Wildman–Crippen LogP) is 3.25. The third-order valence-corrected chi connectivity index (χ3v) is 5.44. The summed E-state index contributed by atoms with van der Waals surface area (Å²) < 4.78 is 27.4. The van der Waals surface area contributed by atoms with Gasteiger partial charge in [0, 0.05) is 18.7 Å². The highest BCUT2D eigenvalue weighted by molar-refractivity contribution is 7.89. The molecule has 0 unspecified atom stereocenters. The number of hydrogen-bond donors (Lipinski definition) is 2. The molecule has 2 aromatic carbocycles. The Morgan fingerprint density at radius 2 is 1.62 bits per heavy atom. The molecule has 0 aliphatic carbocycles. The van der Waals surface area contributed by atoms with Crippen LogP contribution in [0.2, 0.25) is 0 Å². The van der Waals surface area contributed by atoms with Crippen molar-refractivity contribution in [1.82, 2.24) is 10.0 Å². The van der Waals surface area contributed by atoms with E-state index in [1.807, 2.05) is 31.2 Å². The van der Waals surface area contributed by atoms with E-state index >= 15 is 0 Å². The van der Waals surface area contributed by atoms with Crippen molar-refractivity contribution in [2.45, 2.75) is 38.6 Å². The summed E-state index contributed by atoms with van der Waals surface area (Å²) in [5.74, 6) is 0.324. The highest BCUT2D eigenvalue weighted by Gasteiger charge is 2.14. The predicted molar refractivity (Wildman–Crippen MR) is 103 cm³/mol. The normalized spacial score (nSPS) is 11.5. The molecular weight excluding hydrogens is 348 g/mol. The van der Waals surface area contributed by atoms with E-state index in [0.29, 0.717) is 18.0 Å². The van der Waals surface area contributed by atoms with Gasteiger partial charge in [-0.3, -0.25) is 4.79 Å². The number of carbonyl (C=O) groups excluding carboxylic acids is 1. The molecule has 0 aliphatic heterocycles. The Labute approximate surface area is 155 Å². The molecule has 0 aromatic heterocycles. The largest absolute Gasteiger partial charge is 0.352 e. The quantitative estimate of drug-likeness (QED) is 0.745. The molecule has 2 N–H and O–H groups in total. The van der Waals surface area contributed by atoms with E-state index in [4.69, 9.17) is 0 Å². The van der Waals surface area contributed by atoms with Crippen LogP contribution in [0.25, 0.3) is 0 Å². The van der Waals surface area contributed by atoms with E-state index in [9.17, 15) is 13.2 Å². The van der Waals surface area contributed by atoms with Crippen LogP contribution in [-0.4, -0.2) is 20.9 Å². The maximum Gasteiger partial charge on any atom is 0.251 e. The Kier molecular flexibility index (Phi) is 6.94. The van der Waals surface area contributed by atoms with Gasteiger partial charge in [0.15, 0.2) is 0 Å². The summed E-state index contributed by atoms with van der Waals surface area (Å²) >= 11 is 0. The summed E-state index contributed by atoms with van der Waals surface area (Å²) in [6, 6.07) is 13.6. The van der Waals surface area contributed by atoms with Gasteiger partial charge in [0.1, 0.15) is 0 Å². The maximum absolute atomic E-state index is 12.4. The number of hydrogen-bond acceptors (Lipinski definition) is 3. The molecule has 0 bridgehead atoms. The van der Waals surface area contributed by atoms with Crippen molar-refractivity contribution in [1.29, 1.82) is 0 Å². The van der Waals surface area contributed by atoms with Gasteiger partial charge in [0.25, 0.3) is 5.91 Å². The summed E-state index contributed by atoms with van der Waals surface area (Å²) in [6.45, 7) is 6.99. The lowest BCUT2D eigenvalue weighted by atomic mass is 10.1. The molecule has 0 atom stereocenters. The maximum atomic E-state index is 12.4. The second-order valence-corrected chi connectivity index (χ2v) is 8.54. The van der Waals surface area contributed by atoms with Crippen molar-refractivity contribution in [2.75, 3.05) is 6.54 Å². The molecule has 0 spiro atoms. The molecule has 140 valence electrons. The topological polar surface area (TPSA) is 75.3 Å². The molecule has 2 aromatic rings. The fourth-order valence-corrected chi connectivity index (χ4v) is 3.35. The van der Waals surface area contributed by atoms with Gasteiger partial charge in [-0.15, -0.1) is 0 Å². The van der Waals surface area contributed by atoms with Gasteiger partial charge in [-0.1, -0.05) is 43.7 Å². The van der Waals surface area contributed by atoms with Crippen molar-refractivity contribution in [3.8, 4) is 0 Å². The minimum atomic E-state index is -3.62. The summed E-state index contributed by atoms with van der Waals surface area (Å²) in [7, 11) is -3.62. The van der Waals surface area contributed by atoms with Crippen LogP contribution in [0.1, 0.15) is 41.8 Å². The van der Waals surface area contributed by atoms with Crippen molar-refractivity contribution >= 4 is 15.9 Å². The molecular formula is C20H26N2O3S. The second kappa shape index (κ2) is 8.96. The first-order chi connectivity index (χ1) is 12.3. The van der Waals surface area contributed by atoms with Crippen molar-refractivity contribution < 1.29 is 13.2 Å². The first-order valence-corrected chi connectivity index (χ1v) is 10.2. The van der Waals surface area contributed by atoms with Gasteiger partial charge in [0.05, 0.1) is 4.90 Å². The molecule has 0 heterocycles. The van der Waals surface area contributed by atoms with Crippen LogP contribution in [0, 0.1) is 12.8 Å². The van der Waals surface area contributed by atoms with Crippen LogP contribution in [0.4, 0.5) is 0 Å². The molecule has 6 heteroatoms. The van der Waals surface area contributed by atoms with Gasteiger partial charge in [0.2, 0.25) is 10.0 Å². The summed E-state index contributed by atoms with van der Waals surface area (Å²) in [5, 5.41) is 2.84. The van der Waals surface area contributed by atoms with Crippen LogP contribution >= 0.6 is 0 Å². The van der Waals surface area contributed by atoms with Crippen molar-refractivity contribution in [3.63, 3.8) is 0 Å². The number of benzene rings is 2. The number of amides is 1. The lowest BCUT2D eigenvalue weighted by Crippen LogP contribution is -2.26. The Balaban J connectivity index is 1.97. The lowest BCUT2D eigenvalue weighted by molar-refractivity contribution is 0.0952. The molecule has 0 fully saturated rings. The van der Waals surface area contributed by atoms with Gasteiger partial charge >= 0.3 is 0 Å². The second-order valence-electron chi connectivity index (χ2n) is 6.77. The Hall–Kier alpha value is -2.18. The van der Waals surface area contributed by atoms with E-state index in [2.05, 4.69) is 23.9 Å². The van der Waals surface area contributed by atoms with E-state index in [-0.39, 0.29) is 17.3 Å². The standard InChI is InChI=1S/C20H26N2O3S/c1-15(2)12-13-21-20(23)18-8-10-19(11-9-18)26(24,25)22-14-17-6-4-16(3)5-7-17/h4-11,15,22H,12-14H2,1-3H3,(H,21,23). The average Bonchev–Trinajstić information content (AvgIpc) is 2.61. The van der Waals surface area contributed by atoms with Crippen LogP contribution < -0.4 is 10.0 Å². The lowest BCUT2D eigenvalue weighted by Gasteiger charge is -2.09. The third kappa shape index (κ3) is 5.97. The monoisotopic (exact) mass is 374 g/mol. The fraction of sp³-hybridized carbons (Fsp3) is 0.350. The van der Waals surface area contributed by atoms with E-state index < -0.39 is 10.0 Å². The highest BCUT2D eigenvalue weighted by Crippen LogP contribution is 2.12. The average molecular weight is 375 g/mol. The third-order valence-electron chi connectivity index (χ3n) is 4.02. The van der Waals surface area contributed by atoms with Crippen LogP contribution in [-0.2, 0) is 16.6 Å². The van der Waals surface area contributed by atoms with Crippen LogP contribution in [0.5, 0.6) is 0 Å². The van der Waals surface area contributed by atoms with E-state index in [1.54, 1.807) is 0 Å². The highest BCUT2D eigenvalue weighted by atomic mass is 32.2. The molecule has 0 radical (unpaired) electrons. The molecule has 5 nitrogen and oxygen atoms in total. The van der Waals surface area contributed by atoms with Gasteiger partial charge in [-0.2, -0.15) is 0 Å². The minimum Gasteiger partial charge on any atom is -0.352 e. The molecule has 0 saturated carbocycles. The first kappa shape index (κ1) is 20.1. The fourth-order valence-electron chi connectivity index (χ4n) is 2.33. The first-order valence-electron chi connectivity index (χ1n) is 8.71. The number of rotatable bonds is 8. The Morgan fingerprint density at radius 1 is 1.00 bits per heavy atom. The van der Waals surface area contributed by atoms with Crippen molar-refractivity contribution in [2.24, 2.45) is 5.92 Å². The Bertz CT molecular complexity index is 826. The van der Waals surface area contributed by atoms with Gasteiger partial charge < -0.3 is 5.32 Å². The van der Waals surface area contributed by atoms with Crippen molar-refractivity contribution in [3.05, 3.63) is 65.2 Å². The van der Waals surface area contributed by atoms with E-state index in [1.165, 1.54) is 24.3 Å². The molecule has 0 saturated heterocycles. The zero-order valence-corrected chi connectivity index (χ0v) is 16.3. The minimum absolute atomic E-state index is 0.142. The van der Waals surface area contributed by atoms with E-state index in [0.717, 1.165) is 17.5 Å². The summed E-state index contributed by atoms with van der Waals surface area (Å²) in [4.78, 5) is 12.2. The smallest absolute Gasteiger partial charge is 0.251 e. The summed E-state index contributed by atoms with van der Waals surface area (Å²) in [6.07, 6.45) is 0.904. The number of sulfonamides is 1. The molecule has 2 rings (SSSR count). The number of carbonyl (C=O) groups is 1. The summed E-state index contributed by atoms with van der Waals surface area (Å²) in [5.41, 5.74) is 2.46. The molecule has 0 aliphatic rings. The molecule has 1 amide bonds.